The second-order valence-electron chi connectivity index (χ2n) is 4.49. The maximum absolute atomic E-state index is 13.1. The van der Waals surface area contributed by atoms with Gasteiger partial charge in [-0.1, -0.05) is 30.3 Å². The maximum atomic E-state index is 13.1. The van der Waals surface area contributed by atoms with Crippen LogP contribution in [0.15, 0.2) is 53.9 Å². The molecule has 1 N–H and O–H groups in total. The van der Waals surface area contributed by atoms with E-state index in [0.29, 0.717) is 0 Å². The number of halogens is 2. The van der Waals surface area contributed by atoms with Gasteiger partial charge in [0.15, 0.2) is 11.6 Å². The summed E-state index contributed by atoms with van der Waals surface area (Å²) in [4.78, 5) is 16.3. The van der Waals surface area contributed by atoms with E-state index in [1.807, 2.05) is 30.3 Å². The fraction of sp³-hybridized carbons (Fsp3) is 0. The van der Waals surface area contributed by atoms with Crippen LogP contribution in [-0.2, 0) is 0 Å². The normalized spacial score (nSPS) is 10.5. The molecule has 1 amide bonds. The van der Waals surface area contributed by atoms with Gasteiger partial charge >= 0.3 is 0 Å². The Hall–Kier alpha value is -2.60. The van der Waals surface area contributed by atoms with Crippen LogP contribution in [0.4, 0.5) is 14.5 Å². The lowest BCUT2D eigenvalue weighted by atomic mass is 10.2. The van der Waals surface area contributed by atoms with Crippen molar-refractivity contribution in [3.63, 3.8) is 0 Å². The first kappa shape index (κ1) is 14.3. The van der Waals surface area contributed by atoms with Crippen molar-refractivity contribution in [3.05, 3.63) is 71.2 Å². The van der Waals surface area contributed by atoms with E-state index in [2.05, 4.69) is 10.3 Å². The quantitative estimate of drug-likeness (QED) is 0.781. The van der Waals surface area contributed by atoms with E-state index in [1.165, 1.54) is 17.4 Å². The van der Waals surface area contributed by atoms with Crippen molar-refractivity contribution in [1.29, 1.82) is 0 Å². The number of nitrogens with one attached hydrogen (secondary N) is 1. The average Bonchev–Trinajstić information content (AvgIpc) is 3.02. The van der Waals surface area contributed by atoms with Gasteiger partial charge in [-0.05, 0) is 12.1 Å². The van der Waals surface area contributed by atoms with Crippen LogP contribution in [0, 0.1) is 11.6 Å². The predicted molar refractivity (Wildman–Crippen MR) is 81.9 cm³/mol. The number of hydrogen-bond acceptors (Lipinski definition) is 3. The summed E-state index contributed by atoms with van der Waals surface area (Å²) in [5.41, 5.74) is 1.33. The molecule has 0 saturated heterocycles. The Morgan fingerprint density at radius 1 is 1.05 bits per heavy atom. The fourth-order valence-electron chi connectivity index (χ4n) is 1.86. The van der Waals surface area contributed by atoms with E-state index in [9.17, 15) is 13.6 Å². The fourth-order valence-corrected chi connectivity index (χ4v) is 2.67. The van der Waals surface area contributed by atoms with Gasteiger partial charge in [0.05, 0.1) is 0 Å². The summed E-state index contributed by atoms with van der Waals surface area (Å²) in [5, 5.41) is 4.83. The summed E-state index contributed by atoms with van der Waals surface area (Å²) in [6, 6.07) is 12.6. The number of carbonyl (C=O) groups excluding carboxylic acids is 1. The molecule has 0 bridgehead atoms. The summed E-state index contributed by atoms with van der Waals surface area (Å²) >= 11 is 1.34. The lowest BCUT2D eigenvalue weighted by molar-refractivity contribution is 0.102. The number of anilines is 1. The predicted octanol–water partition coefficient (Wildman–Crippen LogP) is 4.34. The molecule has 110 valence electrons. The molecule has 0 unspecified atom stereocenters. The minimum Gasteiger partial charge on any atom is -0.321 e. The molecule has 0 atom stereocenters. The molecule has 6 heteroatoms. The molecule has 3 rings (SSSR count). The molecule has 1 heterocycles. The third kappa shape index (κ3) is 3.01. The monoisotopic (exact) mass is 316 g/mol. The highest BCUT2D eigenvalue weighted by atomic mass is 32.1. The number of rotatable bonds is 3. The summed E-state index contributed by atoms with van der Waals surface area (Å²) in [6.07, 6.45) is 0. The van der Waals surface area contributed by atoms with Crippen molar-refractivity contribution in [1.82, 2.24) is 4.98 Å². The Labute approximate surface area is 129 Å². The maximum Gasteiger partial charge on any atom is 0.275 e. The number of amides is 1. The van der Waals surface area contributed by atoms with E-state index in [-0.39, 0.29) is 11.4 Å². The second kappa shape index (κ2) is 6.03. The van der Waals surface area contributed by atoms with E-state index in [1.54, 1.807) is 5.38 Å². The van der Waals surface area contributed by atoms with Crippen molar-refractivity contribution in [2.45, 2.75) is 0 Å². The smallest absolute Gasteiger partial charge is 0.275 e. The SMILES string of the molecule is O=C(Nc1ccc(F)c(F)c1)c1csc(-c2ccccc2)n1. The standard InChI is InChI=1S/C16H10F2N2OS/c17-12-7-6-11(8-13(12)18)19-15(21)14-9-22-16(20-14)10-4-2-1-3-5-10/h1-9H,(H,19,21). The minimum atomic E-state index is -1.01. The van der Waals surface area contributed by atoms with Gasteiger partial charge in [-0.2, -0.15) is 0 Å². The molecule has 1 aromatic heterocycles. The Morgan fingerprint density at radius 2 is 1.82 bits per heavy atom. The van der Waals surface area contributed by atoms with Crippen LogP contribution in [-0.4, -0.2) is 10.9 Å². The molecule has 0 aliphatic carbocycles. The zero-order valence-electron chi connectivity index (χ0n) is 11.2. The van der Waals surface area contributed by atoms with Crippen LogP contribution in [0.2, 0.25) is 0 Å². The van der Waals surface area contributed by atoms with Gasteiger partial charge in [-0.3, -0.25) is 4.79 Å². The van der Waals surface area contributed by atoms with Crippen molar-refractivity contribution in [3.8, 4) is 10.6 Å². The zero-order chi connectivity index (χ0) is 15.5. The number of aromatic nitrogens is 1. The molecule has 0 spiro atoms. The molecule has 0 fully saturated rings. The number of thiazole rings is 1. The van der Waals surface area contributed by atoms with Crippen LogP contribution in [0.5, 0.6) is 0 Å². The van der Waals surface area contributed by atoms with Crippen LogP contribution in [0.25, 0.3) is 10.6 Å². The summed E-state index contributed by atoms with van der Waals surface area (Å²) < 4.78 is 26.0. The van der Waals surface area contributed by atoms with Gasteiger partial charge < -0.3 is 5.32 Å². The number of nitrogens with zero attached hydrogens (tertiary/aromatic N) is 1. The third-order valence-electron chi connectivity index (χ3n) is 2.94. The highest BCUT2D eigenvalue weighted by Gasteiger charge is 2.13. The Morgan fingerprint density at radius 3 is 2.55 bits per heavy atom. The zero-order valence-corrected chi connectivity index (χ0v) is 12.0. The van der Waals surface area contributed by atoms with E-state index in [0.717, 1.165) is 22.7 Å². The van der Waals surface area contributed by atoms with Gasteiger partial charge in [0.1, 0.15) is 10.7 Å². The first-order valence-corrected chi connectivity index (χ1v) is 7.29. The van der Waals surface area contributed by atoms with Crippen molar-refractivity contribution >= 4 is 22.9 Å². The van der Waals surface area contributed by atoms with Gasteiger partial charge in [0, 0.05) is 22.7 Å². The molecular formula is C16H10F2N2OS. The van der Waals surface area contributed by atoms with Gasteiger partial charge in [-0.15, -0.1) is 11.3 Å². The van der Waals surface area contributed by atoms with Gasteiger partial charge in [0.2, 0.25) is 0 Å². The number of hydrogen-bond donors (Lipinski definition) is 1. The van der Waals surface area contributed by atoms with Crippen LogP contribution in [0.3, 0.4) is 0 Å². The molecule has 3 nitrogen and oxygen atoms in total. The second-order valence-corrected chi connectivity index (χ2v) is 5.35. The first-order valence-electron chi connectivity index (χ1n) is 6.41. The third-order valence-corrected chi connectivity index (χ3v) is 3.83. The first-order chi connectivity index (χ1) is 10.6. The molecule has 2 aromatic carbocycles. The topological polar surface area (TPSA) is 42.0 Å². The molecule has 0 radical (unpaired) electrons. The number of carbonyl (C=O) groups is 1. The van der Waals surface area contributed by atoms with Gasteiger partial charge in [-0.25, -0.2) is 13.8 Å². The van der Waals surface area contributed by atoms with E-state index >= 15 is 0 Å². The minimum absolute atomic E-state index is 0.179. The van der Waals surface area contributed by atoms with Gasteiger partial charge in [0.25, 0.3) is 5.91 Å². The average molecular weight is 316 g/mol. The molecule has 22 heavy (non-hydrogen) atoms. The largest absolute Gasteiger partial charge is 0.321 e. The van der Waals surface area contributed by atoms with Crippen molar-refractivity contribution in [2.24, 2.45) is 0 Å². The van der Waals surface area contributed by atoms with Crippen molar-refractivity contribution in [2.75, 3.05) is 5.32 Å². The summed E-state index contributed by atoms with van der Waals surface area (Å²) in [6.45, 7) is 0. The molecule has 0 aliphatic heterocycles. The lowest BCUT2D eigenvalue weighted by Gasteiger charge is -2.03. The van der Waals surface area contributed by atoms with Crippen molar-refractivity contribution < 1.29 is 13.6 Å². The van der Waals surface area contributed by atoms with Crippen LogP contribution in [0.1, 0.15) is 10.5 Å². The lowest BCUT2D eigenvalue weighted by Crippen LogP contribution is -2.12. The molecule has 3 aromatic rings. The van der Waals surface area contributed by atoms with E-state index in [4.69, 9.17) is 0 Å². The Balaban J connectivity index is 1.78. The Bertz CT molecular complexity index is 818. The summed E-state index contributed by atoms with van der Waals surface area (Å²) in [7, 11) is 0. The molecule has 0 saturated carbocycles. The molecular weight excluding hydrogens is 306 g/mol. The van der Waals surface area contributed by atoms with Crippen LogP contribution >= 0.6 is 11.3 Å². The molecule has 0 aliphatic rings. The van der Waals surface area contributed by atoms with Crippen LogP contribution < -0.4 is 5.32 Å². The number of benzene rings is 2. The highest BCUT2D eigenvalue weighted by Crippen LogP contribution is 2.24. The summed E-state index contributed by atoms with van der Waals surface area (Å²) in [5.74, 6) is -2.44. The van der Waals surface area contributed by atoms with E-state index < -0.39 is 17.5 Å². The highest BCUT2D eigenvalue weighted by molar-refractivity contribution is 7.13. The Kier molecular flexibility index (Phi) is 3.93.